The molecule has 5 heteroatoms. The molecule has 1 aromatic carbocycles. The summed E-state index contributed by atoms with van der Waals surface area (Å²) in [6.45, 7) is 3.48. The Bertz CT molecular complexity index is 792. The van der Waals surface area contributed by atoms with Gasteiger partial charge in [0.15, 0.2) is 0 Å². The van der Waals surface area contributed by atoms with Crippen molar-refractivity contribution in [2.24, 2.45) is 5.92 Å². The van der Waals surface area contributed by atoms with Crippen molar-refractivity contribution in [1.82, 2.24) is 9.47 Å². The average Bonchev–Trinajstić information content (AvgIpc) is 2.63. The molecule has 1 fully saturated rings. The number of hydrogen-bond donors (Lipinski definition) is 1. The third-order valence-electron chi connectivity index (χ3n) is 5.45. The van der Waals surface area contributed by atoms with Gasteiger partial charge in [-0.05, 0) is 24.0 Å². The van der Waals surface area contributed by atoms with E-state index in [-0.39, 0.29) is 11.7 Å². The van der Waals surface area contributed by atoms with Gasteiger partial charge < -0.3 is 9.67 Å². The molecular formula is C21H26N2O2S. The van der Waals surface area contributed by atoms with Crippen molar-refractivity contribution in [3.63, 3.8) is 0 Å². The van der Waals surface area contributed by atoms with E-state index in [0.29, 0.717) is 11.8 Å². The van der Waals surface area contributed by atoms with E-state index in [9.17, 15) is 9.90 Å². The van der Waals surface area contributed by atoms with Gasteiger partial charge >= 0.3 is 0 Å². The molecule has 0 amide bonds. The minimum Gasteiger partial charge on any atom is -0.391 e. The van der Waals surface area contributed by atoms with Gasteiger partial charge in [0, 0.05) is 55.4 Å². The number of aromatic nitrogens is 1. The van der Waals surface area contributed by atoms with Crippen LogP contribution in [0.15, 0.2) is 53.3 Å². The number of rotatable bonds is 6. The number of benzene rings is 1. The average molecular weight is 371 g/mol. The van der Waals surface area contributed by atoms with E-state index in [1.807, 2.05) is 16.7 Å². The predicted octanol–water partition coefficient (Wildman–Crippen LogP) is 2.56. The Morgan fingerprint density at radius 2 is 1.92 bits per heavy atom. The third-order valence-corrected chi connectivity index (χ3v) is 6.60. The zero-order chi connectivity index (χ0) is 17.9. The Morgan fingerprint density at radius 1 is 1.08 bits per heavy atom. The van der Waals surface area contributed by atoms with Crippen molar-refractivity contribution in [2.75, 3.05) is 25.4 Å². The maximum Gasteiger partial charge on any atom is 0.250 e. The van der Waals surface area contributed by atoms with E-state index in [1.54, 1.807) is 17.8 Å². The van der Waals surface area contributed by atoms with Gasteiger partial charge in [0.25, 0.3) is 5.56 Å². The van der Waals surface area contributed by atoms with Crippen molar-refractivity contribution >= 4 is 11.8 Å². The lowest BCUT2D eigenvalue weighted by molar-refractivity contribution is 0.0717. The van der Waals surface area contributed by atoms with Crippen LogP contribution in [0.2, 0.25) is 0 Å². The number of fused-ring (bicyclic) bond motifs is 4. The summed E-state index contributed by atoms with van der Waals surface area (Å²) in [4.78, 5) is 14.5. The second kappa shape index (κ2) is 7.99. The fourth-order valence-electron chi connectivity index (χ4n) is 4.38. The number of likely N-dealkylation sites (tertiary alicyclic amines) is 1. The van der Waals surface area contributed by atoms with Crippen LogP contribution < -0.4 is 5.56 Å². The fourth-order valence-corrected chi connectivity index (χ4v) is 5.31. The predicted molar refractivity (Wildman–Crippen MR) is 107 cm³/mol. The van der Waals surface area contributed by atoms with Crippen LogP contribution in [-0.4, -0.2) is 46.1 Å². The van der Waals surface area contributed by atoms with E-state index in [1.165, 1.54) is 17.7 Å². The van der Waals surface area contributed by atoms with Gasteiger partial charge in [0.2, 0.25) is 0 Å². The van der Waals surface area contributed by atoms with E-state index in [2.05, 4.69) is 35.2 Å². The smallest absolute Gasteiger partial charge is 0.250 e. The van der Waals surface area contributed by atoms with Crippen molar-refractivity contribution in [1.29, 1.82) is 0 Å². The molecule has 2 bridgehead atoms. The van der Waals surface area contributed by atoms with Crippen molar-refractivity contribution in [3.05, 3.63) is 70.1 Å². The van der Waals surface area contributed by atoms with Gasteiger partial charge in [-0.25, -0.2) is 0 Å². The molecule has 138 valence electrons. The summed E-state index contributed by atoms with van der Waals surface area (Å²) >= 11 is 1.79. The van der Waals surface area contributed by atoms with Crippen molar-refractivity contribution < 1.29 is 5.11 Å². The molecule has 0 unspecified atom stereocenters. The maximum absolute atomic E-state index is 12.1. The van der Waals surface area contributed by atoms with Crippen LogP contribution in [-0.2, 0) is 12.3 Å². The number of piperidine rings is 1. The summed E-state index contributed by atoms with van der Waals surface area (Å²) in [5, 5.41) is 10.5. The molecule has 3 atom stereocenters. The summed E-state index contributed by atoms with van der Waals surface area (Å²) in [5.41, 5.74) is 2.61. The van der Waals surface area contributed by atoms with E-state index >= 15 is 0 Å². The Kier molecular flexibility index (Phi) is 5.48. The first-order chi connectivity index (χ1) is 12.7. The van der Waals surface area contributed by atoms with Crippen LogP contribution in [0.1, 0.15) is 23.6 Å². The standard InChI is InChI=1S/C21H26N2O2S/c24-19(15-26-14-16-5-2-1-3-6-16)13-22-10-17-9-18(12-22)20-7-4-8-21(25)23(20)11-17/h1-8,17-19,24H,9-15H2/t17-,18+,19-/m1/s1. The summed E-state index contributed by atoms with van der Waals surface area (Å²) in [6, 6.07) is 16.0. The number of pyridine rings is 1. The zero-order valence-corrected chi connectivity index (χ0v) is 15.8. The lowest BCUT2D eigenvalue weighted by Gasteiger charge is -2.43. The SMILES string of the molecule is O=c1cccc2n1C[C@@H]1C[C@H]2CN(C[C@@H](O)CSCc2ccccc2)C1. The summed E-state index contributed by atoms with van der Waals surface area (Å²) in [7, 11) is 0. The Labute approximate surface area is 158 Å². The van der Waals surface area contributed by atoms with Crippen LogP contribution in [0.25, 0.3) is 0 Å². The lowest BCUT2D eigenvalue weighted by atomic mass is 9.83. The number of hydrogen-bond acceptors (Lipinski definition) is 4. The third kappa shape index (κ3) is 4.05. The monoisotopic (exact) mass is 370 g/mol. The molecule has 2 aliphatic heterocycles. The molecule has 1 saturated heterocycles. The number of thioether (sulfide) groups is 1. The number of β-amino-alcohol motifs (C(OH)–C–C–N with tert-alkyl or cyclic N) is 1. The van der Waals surface area contributed by atoms with Crippen LogP contribution in [0, 0.1) is 5.92 Å². The Morgan fingerprint density at radius 3 is 2.77 bits per heavy atom. The highest BCUT2D eigenvalue weighted by molar-refractivity contribution is 7.98. The van der Waals surface area contributed by atoms with Crippen LogP contribution >= 0.6 is 11.8 Å². The summed E-state index contributed by atoms with van der Waals surface area (Å²) in [5.74, 6) is 2.64. The molecule has 4 nitrogen and oxygen atoms in total. The lowest BCUT2D eigenvalue weighted by Crippen LogP contribution is -2.49. The molecule has 26 heavy (non-hydrogen) atoms. The molecule has 0 aliphatic carbocycles. The highest BCUT2D eigenvalue weighted by Crippen LogP contribution is 2.34. The number of nitrogens with zero attached hydrogens (tertiary/aromatic N) is 2. The molecule has 3 heterocycles. The first kappa shape index (κ1) is 17.8. The van der Waals surface area contributed by atoms with Gasteiger partial charge in [0.1, 0.15) is 0 Å². The number of aliphatic hydroxyl groups is 1. The minimum atomic E-state index is -0.305. The molecule has 4 rings (SSSR count). The minimum absolute atomic E-state index is 0.128. The normalized spacial score (nSPS) is 23.4. The molecule has 0 radical (unpaired) electrons. The molecule has 1 N–H and O–H groups in total. The molecule has 2 aliphatic rings. The van der Waals surface area contributed by atoms with Crippen molar-refractivity contribution in [2.45, 2.75) is 30.7 Å². The molecule has 0 saturated carbocycles. The van der Waals surface area contributed by atoms with Crippen LogP contribution in [0.4, 0.5) is 0 Å². The fraction of sp³-hybridized carbons (Fsp3) is 0.476. The maximum atomic E-state index is 12.1. The molecule has 2 aromatic rings. The van der Waals surface area contributed by atoms with Crippen molar-refractivity contribution in [3.8, 4) is 0 Å². The van der Waals surface area contributed by atoms with E-state index in [0.717, 1.165) is 37.7 Å². The quantitative estimate of drug-likeness (QED) is 0.849. The highest BCUT2D eigenvalue weighted by atomic mass is 32.2. The highest BCUT2D eigenvalue weighted by Gasteiger charge is 2.34. The largest absolute Gasteiger partial charge is 0.391 e. The van der Waals surface area contributed by atoms with Gasteiger partial charge in [-0.2, -0.15) is 11.8 Å². The molecule has 1 aromatic heterocycles. The van der Waals surface area contributed by atoms with Gasteiger partial charge in [-0.3, -0.25) is 9.69 Å². The van der Waals surface area contributed by atoms with Gasteiger partial charge in [-0.1, -0.05) is 36.4 Å². The van der Waals surface area contributed by atoms with Crippen LogP contribution in [0.3, 0.4) is 0 Å². The van der Waals surface area contributed by atoms with E-state index < -0.39 is 0 Å². The second-order valence-electron chi connectivity index (χ2n) is 7.57. The summed E-state index contributed by atoms with van der Waals surface area (Å²) in [6.07, 6.45) is 0.860. The molecule has 0 spiro atoms. The second-order valence-corrected chi connectivity index (χ2v) is 8.60. The summed E-state index contributed by atoms with van der Waals surface area (Å²) < 4.78 is 1.96. The first-order valence-corrected chi connectivity index (χ1v) is 10.6. The topological polar surface area (TPSA) is 45.5 Å². The van der Waals surface area contributed by atoms with Gasteiger partial charge in [0.05, 0.1) is 6.10 Å². The Balaban J connectivity index is 1.30. The molecular weight excluding hydrogens is 344 g/mol. The van der Waals surface area contributed by atoms with Crippen LogP contribution in [0.5, 0.6) is 0 Å². The van der Waals surface area contributed by atoms with Gasteiger partial charge in [-0.15, -0.1) is 0 Å². The number of aliphatic hydroxyl groups excluding tert-OH is 1. The van der Waals surface area contributed by atoms with E-state index in [4.69, 9.17) is 0 Å². The Hall–Kier alpha value is -1.56. The first-order valence-electron chi connectivity index (χ1n) is 9.41. The zero-order valence-electron chi connectivity index (χ0n) is 15.0.